The molecular weight excluding hydrogens is 394 g/mol. The van der Waals surface area contributed by atoms with Gasteiger partial charge in [-0.2, -0.15) is 0 Å². The third-order valence-electron chi connectivity index (χ3n) is 3.10. The van der Waals surface area contributed by atoms with Crippen molar-refractivity contribution < 1.29 is 9.53 Å². The van der Waals surface area contributed by atoms with Gasteiger partial charge >= 0.3 is 0 Å². The number of para-hydroxylation sites is 1. The Hall–Kier alpha value is -1.11. The zero-order valence-corrected chi connectivity index (χ0v) is 16.2. The molecule has 0 spiro atoms. The molecule has 0 radical (unpaired) electrons. The van der Waals surface area contributed by atoms with E-state index in [1.165, 1.54) is 0 Å². The lowest BCUT2D eigenvalue weighted by Gasteiger charge is -2.09. The van der Waals surface area contributed by atoms with Crippen LogP contribution in [0, 0.1) is 0 Å². The predicted molar refractivity (Wildman–Crippen MR) is 104 cm³/mol. The first kappa shape index (κ1) is 18.2. The number of anilines is 1. The fraction of sp³-hybridized carbons (Fsp3) is 0.235. The average Bonchev–Trinajstić information content (AvgIpc) is 2.55. The number of carbonyl (C=O) groups is 1. The smallest absolute Gasteiger partial charge is 0.234 e. The zero-order chi connectivity index (χ0) is 16.7. The molecular formula is C17H18BrNO2S2. The number of amides is 1. The van der Waals surface area contributed by atoms with Crippen molar-refractivity contribution in [1.82, 2.24) is 0 Å². The predicted octanol–water partition coefficient (Wildman–Crippen LogP) is 5.05. The molecule has 0 aliphatic carbocycles. The number of ether oxygens (including phenoxy) is 1. The molecule has 0 fully saturated rings. The Morgan fingerprint density at radius 1 is 1.26 bits per heavy atom. The van der Waals surface area contributed by atoms with Gasteiger partial charge in [-0.1, -0.05) is 18.2 Å². The number of carbonyl (C=O) groups excluding carboxylic acids is 1. The van der Waals surface area contributed by atoms with Gasteiger partial charge in [0.15, 0.2) is 0 Å². The van der Waals surface area contributed by atoms with Crippen LogP contribution < -0.4 is 10.1 Å². The summed E-state index contributed by atoms with van der Waals surface area (Å²) in [6.45, 7) is 0. The maximum Gasteiger partial charge on any atom is 0.234 e. The highest BCUT2D eigenvalue weighted by Gasteiger charge is 2.07. The highest BCUT2D eigenvalue weighted by Crippen LogP contribution is 2.27. The van der Waals surface area contributed by atoms with Crippen molar-refractivity contribution in [3.63, 3.8) is 0 Å². The third-order valence-corrected chi connectivity index (χ3v) is 5.52. The monoisotopic (exact) mass is 411 g/mol. The minimum Gasteiger partial charge on any atom is -0.496 e. The lowest BCUT2D eigenvalue weighted by Crippen LogP contribution is -2.14. The van der Waals surface area contributed by atoms with Crippen molar-refractivity contribution in [2.45, 2.75) is 10.6 Å². The Labute approximate surface area is 153 Å². The molecule has 1 N–H and O–H groups in total. The van der Waals surface area contributed by atoms with Gasteiger partial charge in [-0.05, 0) is 52.0 Å². The number of methoxy groups -OCH3 is 1. The van der Waals surface area contributed by atoms with E-state index in [9.17, 15) is 4.79 Å². The van der Waals surface area contributed by atoms with E-state index in [4.69, 9.17) is 4.74 Å². The summed E-state index contributed by atoms with van der Waals surface area (Å²) >= 11 is 6.69. The molecule has 0 aliphatic rings. The standard InChI is InChI=1S/C17H18BrNO2S2/c1-21-15-8-7-12(9-13(15)18)10-23-11-17(20)19-14-5-3-4-6-16(14)22-2/h3-9H,10-11H2,1-2H3,(H,19,20). The molecule has 0 heterocycles. The van der Waals surface area contributed by atoms with Gasteiger partial charge in [0.1, 0.15) is 5.75 Å². The fourth-order valence-corrected chi connectivity index (χ4v) is 3.91. The van der Waals surface area contributed by atoms with Gasteiger partial charge in [0.2, 0.25) is 5.91 Å². The summed E-state index contributed by atoms with van der Waals surface area (Å²) in [7, 11) is 1.64. The van der Waals surface area contributed by atoms with Crippen LogP contribution in [0.2, 0.25) is 0 Å². The average molecular weight is 412 g/mol. The first-order valence-electron chi connectivity index (χ1n) is 6.97. The van der Waals surface area contributed by atoms with E-state index in [0.717, 1.165) is 32.1 Å². The second-order valence-electron chi connectivity index (χ2n) is 4.71. The first-order valence-corrected chi connectivity index (χ1v) is 10.1. The van der Waals surface area contributed by atoms with Crippen molar-refractivity contribution in [1.29, 1.82) is 0 Å². The molecule has 2 rings (SSSR count). The molecule has 6 heteroatoms. The number of hydrogen-bond acceptors (Lipinski definition) is 4. The van der Waals surface area contributed by atoms with Crippen LogP contribution in [0.1, 0.15) is 5.56 Å². The van der Waals surface area contributed by atoms with E-state index in [2.05, 4.69) is 21.2 Å². The van der Waals surface area contributed by atoms with E-state index in [1.807, 2.05) is 48.7 Å². The van der Waals surface area contributed by atoms with Crippen molar-refractivity contribution in [2.75, 3.05) is 24.4 Å². The van der Waals surface area contributed by atoms with Crippen molar-refractivity contribution >= 4 is 51.0 Å². The lowest BCUT2D eigenvalue weighted by molar-refractivity contribution is -0.113. The summed E-state index contributed by atoms with van der Waals surface area (Å²) in [6, 6.07) is 13.8. The molecule has 1 amide bonds. The van der Waals surface area contributed by atoms with Crippen LogP contribution in [0.25, 0.3) is 0 Å². The van der Waals surface area contributed by atoms with E-state index in [-0.39, 0.29) is 5.91 Å². The van der Waals surface area contributed by atoms with Gasteiger partial charge < -0.3 is 10.1 Å². The molecule has 0 aliphatic heterocycles. The fourth-order valence-electron chi connectivity index (χ4n) is 2.00. The topological polar surface area (TPSA) is 38.3 Å². The number of benzene rings is 2. The van der Waals surface area contributed by atoms with Gasteiger partial charge in [0, 0.05) is 10.6 Å². The SMILES string of the molecule is COc1ccc(CSCC(=O)Nc2ccccc2SC)cc1Br. The van der Waals surface area contributed by atoms with Gasteiger partial charge in [-0.15, -0.1) is 23.5 Å². The molecule has 0 aromatic heterocycles. The minimum absolute atomic E-state index is 0.0177. The van der Waals surface area contributed by atoms with Gasteiger partial charge in [-0.3, -0.25) is 4.79 Å². The van der Waals surface area contributed by atoms with Gasteiger partial charge in [-0.25, -0.2) is 0 Å². The molecule has 23 heavy (non-hydrogen) atoms. The van der Waals surface area contributed by atoms with E-state index >= 15 is 0 Å². The molecule has 2 aromatic rings. The van der Waals surface area contributed by atoms with Crippen LogP contribution in [0.5, 0.6) is 5.75 Å². The molecule has 0 bridgehead atoms. The van der Waals surface area contributed by atoms with E-state index in [0.29, 0.717) is 5.75 Å². The maximum absolute atomic E-state index is 12.1. The molecule has 2 aromatic carbocycles. The Morgan fingerprint density at radius 2 is 2.04 bits per heavy atom. The highest BCUT2D eigenvalue weighted by atomic mass is 79.9. The van der Waals surface area contributed by atoms with Crippen LogP contribution >= 0.6 is 39.5 Å². The molecule has 0 atom stereocenters. The maximum atomic E-state index is 12.1. The number of hydrogen-bond donors (Lipinski definition) is 1. The summed E-state index contributed by atoms with van der Waals surface area (Å²) in [4.78, 5) is 13.1. The highest BCUT2D eigenvalue weighted by molar-refractivity contribution is 9.10. The number of rotatable bonds is 7. The number of thioether (sulfide) groups is 2. The van der Waals surface area contributed by atoms with E-state index in [1.54, 1.807) is 30.6 Å². The minimum atomic E-state index is 0.0177. The van der Waals surface area contributed by atoms with Crippen LogP contribution in [0.3, 0.4) is 0 Å². The third kappa shape index (κ3) is 5.48. The Morgan fingerprint density at radius 3 is 2.74 bits per heavy atom. The van der Waals surface area contributed by atoms with Crippen molar-refractivity contribution in [3.8, 4) is 5.75 Å². The molecule has 0 saturated heterocycles. The summed E-state index contributed by atoms with van der Waals surface area (Å²) in [5, 5.41) is 2.97. The van der Waals surface area contributed by atoms with E-state index < -0.39 is 0 Å². The molecule has 0 unspecified atom stereocenters. The van der Waals surface area contributed by atoms with Crippen LogP contribution in [-0.4, -0.2) is 25.0 Å². The number of nitrogens with one attached hydrogen (secondary N) is 1. The lowest BCUT2D eigenvalue weighted by atomic mass is 10.2. The zero-order valence-electron chi connectivity index (χ0n) is 13.0. The van der Waals surface area contributed by atoms with Crippen LogP contribution in [0.15, 0.2) is 51.8 Å². The van der Waals surface area contributed by atoms with Crippen LogP contribution in [-0.2, 0) is 10.5 Å². The van der Waals surface area contributed by atoms with Crippen molar-refractivity contribution in [3.05, 3.63) is 52.5 Å². The Kier molecular flexibility index (Phi) is 7.33. The Bertz CT molecular complexity index is 679. The van der Waals surface area contributed by atoms with Gasteiger partial charge in [0.05, 0.1) is 23.0 Å². The summed E-state index contributed by atoms with van der Waals surface area (Å²) < 4.78 is 6.14. The Balaban J connectivity index is 1.84. The molecule has 122 valence electrons. The molecule has 3 nitrogen and oxygen atoms in total. The summed E-state index contributed by atoms with van der Waals surface area (Å²) in [6.07, 6.45) is 2.00. The van der Waals surface area contributed by atoms with Crippen LogP contribution in [0.4, 0.5) is 5.69 Å². The normalized spacial score (nSPS) is 10.4. The number of halogens is 1. The van der Waals surface area contributed by atoms with Gasteiger partial charge in [0.25, 0.3) is 0 Å². The second-order valence-corrected chi connectivity index (χ2v) is 7.40. The van der Waals surface area contributed by atoms with Crippen molar-refractivity contribution in [2.24, 2.45) is 0 Å². The first-order chi connectivity index (χ1) is 11.1. The largest absolute Gasteiger partial charge is 0.496 e. The summed E-state index contributed by atoms with van der Waals surface area (Å²) in [5.74, 6) is 2.03. The second kappa shape index (κ2) is 9.25. The molecule has 0 saturated carbocycles. The summed E-state index contributed by atoms with van der Waals surface area (Å²) in [5.41, 5.74) is 2.03. The quantitative estimate of drug-likeness (QED) is 0.646.